The number of fused-ring (bicyclic) bond motifs is 2. The lowest BCUT2D eigenvalue weighted by Gasteiger charge is -2.26. The second-order valence-electron chi connectivity index (χ2n) is 6.50. The third kappa shape index (κ3) is 3.13. The average Bonchev–Trinajstić information content (AvgIpc) is 3.32. The molecule has 0 radical (unpaired) electrons. The van der Waals surface area contributed by atoms with Crippen LogP contribution in [0.2, 0.25) is 0 Å². The fraction of sp³-hybridized carbons (Fsp3) is 0.316. The number of amides is 2. The molecule has 0 aliphatic carbocycles. The number of rotatable bonds is 3. The number of hydrogen-bond acceptors (Lipinski definition) is 5. The molecule has 2 amide bonds. The van der Waals surface area contributed by atoms with Gasteiger partial charge in [0.15, 0.2) is 0 Å². The molecule has 8 heteroatoms. The molecule has 1 aliphatic heterocycles. The van der Waals surface area contributed by atoms with Gasteiger partial charge in [0.2, 0.25) is 0 Å². The van der Waals surface area contributed by atoms with E-state index in [1.165, 1.54) is 11.3 Å². The van der Waals surface area contributed by atoms with Crippen molar-refractivity contribution in [2.24, 2.45) is 7.05 Å². The highest BCUT2D eigenvalue weighted by Gasteiger charge is 2.30. The first kappa shape index (κ1) is 17.8. The third-order valence-electron chi connectivity index (χ3n) is 4.65. The quantitative estimate of drug-likeness (QED) is 0.690. The fourth-order valence-electron chi connectivity index (χ4n) is 3.29. The van der Waals surface area contributed by atoms with Gasteiger partial charge in [-0.2, -0.15) is 5.10 Å². The molecule has 0 aromatic carbocycles. The normalized spacial score (nSPS) is 14.6. The summed E-state index contributed by atoms with van der Waals surface area (Å²) in [5.74, 6) is 2.23. The van der Waals surface area contributed by atoms with Gasteiger partial charge in [0.25, 0.3) is 11.8 Å². The molecule has 0 bridgehead atoms. The summed E-state index contributed by atoms with van der Waals surface area (Å²) in [7, 11) is 1.74. The van der Waals surface area contributed by atoms with E-state index in [4.69, 9.17) is 6.42 Å². The zero-order valence-corrected chi connectivity index (χ0v) is 16.6. The molecule has 6 nitrogen and oxygen atoms in total. The van der Waals surface area contributed by atoms with Crippen LogP contribution >= 0.6 is 22.7 Å². The average molecular weight is 399 g/mol. The van der Waals surface area contributed by atoms with Crippen molar-refractivity contribution in [3.05, 3.63) is 39.3 Å². The van der Waals surface area contributed by atoms with Gasteiger partial charge in [0, 0.05) is 35.0 Å². The van der Waals surface area contributed by atoms with E-state index in [0.717, 1.165) is 25.5 Å². The summed E-state index contributed by atoms with van der Waals surface area (Å²) in [6.45, 7) is 2.72. The van der Waals surface area contributed by atoms with Crippen molar-refractivity contribution in [3.8, 4) is 12.3 Å². The fourth-order valence-corrected chi connectivity index (χ4v) is 5.37. The van der Waals surface area contributed by atoms with Crippen molar-refractivity contribution >= 4 is 43.9 Å². The smallest absolute Gasteiger partial charge is 0.270 e. The highest BCUT2D eigenvalue weighted by atomic mass is 32.1. The number of carbonyl (C=O) groups is 2. The van der Waals surface area contributed by atoms with Crippen LogP contribution in [0.1, 0.15) is 38.3 Å². The Morgan fingerprint density at radius 1 is 1.41 bits per heavy atom. The van der Waals surface area contributed by atoms with E-state index in [1.807, 2.05) is 17.5 Å². The van der Waals surface area contributed by atoms with E-state index in [9.17, 15) is 9.59 Å². The number of terminal acetylenes is 1. The molecule has 1 aliphatic rings. The number of aryl methyl sites for hydroxylation is 1. The lowest BCUT2D eigenvalue weighted by atomic mass is 10.0. The maximum Gasteiger partial charge on any atom is 0.270 e. The molecule has 138 valence electrons. The predicted octanol–water partition coefficient (Wildman–Crippen LogP) is 2.65. The Balaban J connectivity index is 1.60. The van der Waals surface area contributed by atoms with Crippen LogP contribution in [-0.2, 0) is 20.0 Å². The molecule has 3 aromatic rings. The van der Waals surface area contributed by atoms with Gasteiger partial charge in [-0.15, -0.1) is 29.1 Å². The van der Waals surface area contributed by atoms with Crippen LogP contribution in [0.25, 0.3) is 9.40 Å². The van der Waals surface area contributed by atoms with E-state index in [-0.39, 0.29) is 17.9 Å². The molecule has 1 N–H and O–H groups in total. The van der Waals surface area contributed by atoms with Crippen molar-refractivity contribution in [1.82, 2.24) is 20.0 Å². The zero-order valence-electron chi connectivity index (χ0n) is 15.0. The Kier molecular flexibility index (Phi) is 4.50. The summed E-state index contributed by atoms with van der Waals surface area (Å²) in [5.41, 5.74) is 2.14. The molecule has 0 saturated heterocycles. The number of nitrogens with one attached hydrogen (secondary N) is 1. The van der Waals surface area contributed by atoms with E-state index >= 15 is 0 Å². The Bertz CT molecular complexity index is 1060. The van der Waals surface area contributed by atoms with Crippen molar-refractivity contribution in [2.45, 2.75) is 25.9 Å². The van der Waals surface area contributed by atoms with E-state index in [1.54, 1.807) is 34.9 Å². The Hall–Kier alpha value is -2.63. The minimum absolute atomic E-state index is 0.00116. The van der Waals surface area contributed by atoms with Gasteiger partial charge in [0.1, 0.15) is 5.69 Å². The van der Waals surface area contributed by atoms with Gasteiger partial charge >= 0.3 is 0 Å². The van der Waals surface area contributed by atoms with E-state index < -0.39 is 0 Å². The minimum atomic E-state index is -0.372. The third-order valence-corrected chi connectivity index (χ3v) is 6.73. The first-order valence-electron chi connectivity index (χ1n) is 8.56. The van der Waals surface area contributed by atoms with Crippen LogP contribution in [-0.4, -0.2) is 39.1 Å². The van der Waals surface area contributed by atoms with Gasteiger partial charge in [-0.1, -0.05) is 5.92 Å². The lowest BCUT2D eigenvalue weighted by Crippen LogP contribution is -2.37. The second kappa shape index (κ2) is 6.83. The molecular formula is C19H18N4O2S2. The van der Waals surface area contributed by atoms with Gasteiger partial charge in [-0.25, -0.2) is 0 Å². The maximum atomic E-state index is 13.0. The van der Waals surface area contributed by atoms with Crippen molar-refractivity contribution in [2.75, 3.05) is 6.54 Å². The summed E-state index contributed by atoms with van der Waals surface area (Å²) in [4.78, 5) is 28.1. The van der Waals surface area contributed by atoms with Crippen molar-refractivity contribution in [3.63, 3.8) is 0 Å². The SMILES string of the molecule is C#CC(C)NC(=O)c1c2c(nn1C)CCN(C(=O)c1cc3sccc3s1)C2. The van der Waals surface area contributed by atoms with Gasteiger partial charge < -0.3 is 10.2 Å². The van der Waals surface area contributed by atoms with Crippen LogP contribution in [0.3, 0.4) is 0 Å². The largest absolute Gasteiger partial charge is 0.337 e. The maximum absolute atomic E-state index is 13.0. The van der Waals surface area contributed by atoms with Crippen LogP contribution in [0.15, 0.2) is 17.5 Å². The van der Waals surface area contributed by atoms with Crippen LogP contribution in [0.5, 0.6) is 0 Å². The lowest BCUT2D eigenvalue weighted by molar-refractivity contribution is 0.0736. The number of carbonyl (C=O) groups excluding carboxylic acids is 2. The molecule has 0 spiro atoms. The Morgan fingerprint density at radius 3 is 2.96 bits per heavy atom. The van der Waals surface area contributed by atoms with Crippen molar-refractivity contribution in [1.29, 1.82) is 0 Å². The number of thiophene rings is 2. The topological polar surface area (TPSA) is 67.2 Å². The van der Waals surface area contributed by atoms with Gasteiger partial charge in [0.05, 0.1) is 23.2 Å². The molecule has 3 aromatic heterocycles. The van der Waals surface area contributed by atoms with Crippen LogP contribution in [0.4, 0.5) is 0 Å². The number of aromatic nitrogens is 2. The second-order valence-corrected chi connectivity index (χ2v) is 8.53. The molecule has 4 heterocycles. The Labute approximate surface area is 164 Å². The first-order valence-corrected chi connectivity index (χ1v) is 10.3. The molecular weight excluding hydrogens is 380 g/mol. The molecule has 1 unspecified atom stereocenters. The summed E-state index contributed by atoms with van der Waals surface area (Å²) in [5, 5.41) is 9.27. The summed E-state index contributed by atoms with van der Waals surface area (Å²) in [6, 6.07) is 3.61. The molecule has 0 saturated carbocycles. The van der Waals surface area contributed by atoms with E-state index in [0.29, 0.717) is 25.2 Å². The minimum Gasteiger partial charge on any atom is -0.337 e. The molecule has 4 rings (SSSR count). The molecule has 27 heavy (non-hydrogen) atoms. The highest BCUT2D eigenvalue weighted by molar-refractivity contribution is 7.27. The molecule has 0 fully saturated rings. The van der Waals surface area contributed by atoms with Gasteiger partial charge in [-0.3, -0.25) is 14.3 Å². The number of hydrogen-bond donors (Lipinski definition) is 1. The van der Waals surface area contributed by atoms with Crippen molar-refractivity contribution < 1.29 is 9.59 Å². The first-order chi connectivity index (χ1) is 13.0. The standard InChI is InChI=1S/C19H18N4O2S2/c1-4-11(2)20-18(24)17-12-10-23(7-5-13(12)21-22(17)3)19(25)16-9-15-14(27-16)6-8-26-15/h1,6,8-9,11H,5,7,10H2,2-3H3,(H,20,24). The highest BCUT2D eigenvalue weighted by Crippen LogP contribution is 2.32. The summed E-state index contributed by atoms with van der Waals surface area (Å²) in [6.07, 6.45) is 5.99. The monoisotopic (exact) mass is 398 g/mol. The predicted molar refractivity (Wildman–Crippen MR) is 107 cm³/mol. The summed E-state index contributed by atoms with van der Waals surface area (Å²) < 4.78 is 3.84. The Morgan fingerprint density at radius 2 is 2.22 bits per heavy atom. The van der Waals surface area contributed by atoms with Gasteiger partial charge in [-0.05, 0) is 24.4 Å². The number of nitrogens with zero attached hydrogens (tertiary/aromatic N) is 3. The zero-order chi connectivity index (χ0) is 19.1. The van der Waals surface area contributed by atoms with Crippen LogP contribution < -0.4 is 5.32 Å². The van der Waals surface area contributed by atoms with E-state index in [2.05, 4.69) is 16.3 Å². The molecule has 1 atom stereocenters. The van der Waals surface area contributed by atoms with Crippen LogP contribution in [0, 0.1) is 12.3 Å². The summed E-state index contributed by atoms with van der Waals surface area (Å²) >= 11 is 3.15.